The molecule has 0 aromatic heterocycles. The Morgan fingerprint density at radius 1 is 1.50 bits per heavy atom. The summed E-state index contributed by atoms with van der Waals surface area (Å²) in [6, 6.07) is 0. The number of carbonyl (C=O) groups excluding carboxylic acids is 1. The normalized spacial score (nSPS) is 6.10. The summed E-state index contributed by atoms with van der Waals surface area (Å²) in [5.74, 6) is -0.245. The van der Waals surface area contributed by atoms with Crippen LogP contribution in [0.2, 0.25) is 0 Å². The van der Waals surface area contributed by atoms with Crippen LogP contribution in [-0.2, 0) is 4.79 Å². The Labute approximate surface area is 102 Å². The quantitative estimate of drug-likeness (QED) is 0.375. The molecule has 0 heterocycles. The van der Waals surface area contributed by atoms with Gasteiger partial charge in [-0.1, -0.05) is 6.92 Å². The van der Waals surface area contributed by atoms with Gasteiger partial charge in [-0.05, 0) is 0 Å². The van der Waals surface area contributed by atoms with E-state index in [4.69, 9.17) is 15.0 Å². The van der Waals surface area contributed by atoms with Gasteiger partial charge in [-0.15, -0.1) is 0 Å². The summed E-state index contributed by atoms with van der Waals surface area (Å²) in [6.07, 6.45) is -1.39. The number of amides is 1. The van der Waals surface area contributed by atoms with Gasteiger partial charge in [0.2, 0.25) is 5.91 Å². The molecule has 5 nitrogen and oxygen atoms in total. The zero-order valence-electron chi connectivity index (χ0n) is 7.00. The molecule has 4 N–H and O–H groups in total. The summed E-state index contributed by atoms with van der Waals surface area (Å²) in [5, 5.41) is 13.9. The van der Waals surface area contributed by atoms with Crippen LogP contribution in [-0.4, -0.2) is 22.3 Å². The van der Waals surface area contributed by atoms with E-state index in [0.717, 1.165) is 0 Å². The van der Waals surface area contributed by atoms with Crippen LogP contribution in [0.5, 0.6) is 0 Å². The van der Waals surface area contributed by atoms with Crippen molar-refractivity contribution < 1.29 is 72.6 Å². The zero-order chi connectivity index (χ0) is 7.86. The van der Waals surface area contributed by atoms with E-state index in [1.54, 1.807) is 6.92 Å². The van der Waals surface area contributed by atoms with E-state index in [1.807, 2.05) is 0 Å². The number of hydrogen-bond donors (Lipinski definition) is 3. The van der Waals surface area contributed by atoms with Crippen molar-refractivity contribution in [2.24, 2.45) is 5.73 Å². The van der Waals surface area contributed by atoms with E-state index in [1.165, 1.54) is 0 Å². The Morgan fingerprint density at radius 3 is 1.60 bits per heavy atom. The molecule has 0 aliphatic heterocycles. The molecular formula is C4H10KNO4. The maximum atomic E-state index is 9.59. The molecule has 0 aromatic carbocycles. The first-order chi connectivity index (χ1) is 4.00. The van der Waals surface area contributed by atoms with E-state index in [-0.39, 0.29) is 58.7 Å². The SMILES string of the molecule is CCC(N)=O.O=C(O)O.[H-].[K+]. The first-order valence-electron chi connectivity index (χ1n) is 2.20. The summed E-state index contributed by atoms with van der Waals surface area (Å²) in [6.45, 7) is 1.72. The fraction of sp³-hybridized carbons (Fsp3) is 0.500. The van der Waals surface area contributed by atoms with Gasteiger partial charge in [0.1, 0.15) is 0 Å². The summed E-state index contributed by atoms with van der Waals surface area (Å²) in [7, 11) is 0. The van der Waals surface area contributed by atoms with E-state index in [2.05, 4.69) is 5.73 Å². The summed E-state index contributed by atoms with van der Waals surface area (Å²) >= 11 is 0. The number of primary amides is 1. The van der Waals surface area contributed by atoms with Crippen molar-refractivity contribution in [2.45, 2.75) is 13.3 Å². The van der Waals surface area contributed by atoms with Crippen molar-refractivity contribution in [3.05, 3.63) is 0 Å². The molecule has 0 aliphatic carbocycles. The third kappa shape index (κ3) is 80.7. The van der Waals surface area contributed by atoms with E-state index in [9.17, 15) is 4.79 Å². The minimum atomic E-state index is -1.83. The molecular weight excluding hydrogens is 165 g/mol. The van der Waals surface area contributed by atoms with Crippen molar-refractivity contribution in [3.63, 3.8) is 0 Å². The molecule has 10 heavy (non-hydrogen) atoms. The zero-order valence-corrected chi connectivity index (χ0v) is 9.12. The van der Waals surface area contributed by atoms with Gasteiger partial charge in [-0.3, -0.25) is 4.79 Å². The fourth-order valence-corrected chi connectivity index (χ4v) is 0. The van der Waals surface area contributed by atoms with Gasteiger partial charge in [0.15, 0.2) is 0 Å². The van der Waals surface area contributed by atoms with Crippen LogP contribution >= 0.6 is 0 Å². The Kier molecular flexibility index (Phi) is 20.3. The average Bonchev–Trinajstić information content (AvgIpc) is 1.65. The van der Waals surface area contributed by atoms with Crippen LogP contribution in [0.25, 0.3) is 0 Å². The third-order valence-corrected chi connectivity index (χ3v) is 0.348. The van der Waals surface area contributed by atoms with Crippen LogP contribution in [0.3, 0.4) is 0 Å². The van der Waals surface area contributed by atoms with Crippen LogP contribution in [0.15, 0.2) is 0 Å². The fourth-order valence-electron chi connectivity index (χ4n) is 0. The van der Waals surface area contributed by atoms with Crippen molar-refractivity contribution in [3.8, 4) is 0 Å². The Morgan fingerprint density at radius 2 is 1.60 bits per heavy atom. The molecule has 0 rings (SSSR count). The Hall–Kier alpha value is 0.376. The molecule has 0 saturated carbocycles. The number of hydrogen-bond acceptors (Lipinski definition) is 2. The predicted molar refractivity (Wildman–Crippen MR) is 31.3 cm³/mol. The second-order valence-electron chi connectivity index (χ2n) is 1.10. The molecule has 0 radical (unpaired) electrons. The maximum Gasteiger partial charge on any atom is 1.00 e. The number of nitrogens with two attached hydrogens (primary N) is 1. The summed E-state index contributed by atoms with van der Waals surface area (Å²) < 4.78 is 0. The monoisotopic (exact) mass is 175 g/mol. The first kappa shape index (κ1) is 16.8. The van der Waals surface area contributed by atoms with Crippen molar-refractivity contribution in [2.75, 3.05) is 0 Å². The second kappa shape index (κ2) is 12.1. The molecule has 6 heteroatoms. The van der Waals surface area contributed by atoms with Gasteiger partial charge < -0.3 is 17.4 Å². The average molecular weight is 175 g/mol. The summed E-state index contributed by atoms with van der Waals surface area (Å²) in [4.78, 5) is 18.1. The molecule has 56 valence electrons. The minimum absolute atomic E-state index is 0. The van der Waals surface area contributed by atoms with Gasteiger partial charge in [-0.2, -0.15) is 0 Å². The number of carboxylic acid groups (broad SMARTS) is 2. The van der Waals surface area contributed by atoms with E-state index < -0.39 is 6.16 Å². The van der Waals surface area contributed by atoms with Crippen molar-refractivity contribution in [1.82, 2.24) is 0 Å². The van der Waals surface area contributed by atoms with Gasteiger partial charge in [0.05, 0.1) is 0 Å². The molecule has 1 amide bonds. The van der Waals surface area contributed by atoms with Crippen LogP contribution in [0, 0.1) is 0 Å². The van der Waals surface area contributed by atoms with Crippen LogP contribution in [0.1, 0.15) is 14.8 Å². The maximum absolute atomic E-state index is 9.59. The number of carbonyl (C=O) groups is 2. The van der Waals surface area contributed by atoms with Crippen molar-refractivity contribution >= 4 is 12.1 Å². The Balaban J connectivity index is -0.0000000383. The van der Waals surface area contributed by atoms with Gasteiger partial charge in [0.25, 0.3) is 0 Å². The molecule has 0 spiro atoms. The molecule has 0 saturated heterocycles. The number of rotatable bonds is 1. The molecule has 0 unspecified atom stereocenters. The Bertz CT molecular complexity index is 106. The summed E-state index contributed by atoms with van der Waals surface area (Å²) in [5.41, 5.74) is 4.65. The third-order valence-electron chi connectivity index (χ3n) is 0.348. The van der Waals surface area contributed by atoms with Gasteiger partial charge >= 0.3 is 57.5 Å². The van der Waals surface area contributed by atoms with Gasteiger partial charge in [0, 0.05) is 6.42 Å². The molecule has 0 atom stereocenters. The standard InChI is InChI=1S/C3H7NO.CH2O3.K.H/c1-2-3(4)5;2-1(3)4;;/h2H2,1H3,(H2,4,5);(H2,2,3,4);;/q;;+1;-1. The first-order valence-corrected chi connectivity index (χ1v) is 2.20. The topological polar surface area (TPSA) is 101 Å². The van der Waals surface area contributed by atoms with E-state index >= 15 is 0 Å². The minimum Gasteiger partial charge on any atom is -1.00 e. The molecule has 0 aliphatic rings. The predicted octanol–water partition coefficient (Wildman–Crippen LogP) is -2.78. The van der Waals surface area contributed by atoms with Crippen LogP contribution < -0.4 is 57.1 Å². The van der Waals surface area contributed by atoms with Crippen molar-refractivity contribution in [1.29, 1.82) is 0 Å². The largest absolute Gasteiger partial charge is 1.00 e. The van der Waals surface area contributed by atoms with E-state index in [0.29, 0.717) is 6.42 Å². The molecule has 0 fully saturated rings. The smallest absolute Gasteiger partial charge is 1.00 e. The van der Waals surface area contributed by atoms with Gasteiger partial charge in [-0.25, -0.2) is 4.79 Å². The van der Waals surface area contributed by atoms with Crippen LogP contribution in [0.4, 0.5) is 4.79 Å². The molecule has 0 aromatic rings. The molecule has 0 bridgehead atoms. The second-order valence-corrected chi connectivity index (χ2v) is 1.10.